The fraction of sp³-hybridized carbons (Fsp3) is 0.667. The van der Waals surface area contributed by atoms with Gasteiger partial charge in [-0.2, -0.15) is 0 Å². The van der Waals surface area contributed by atoms with Gasteiger partial charge in [-0.15, -0.1) is 0 Å². The molecule has 13 heteroatoms. The van der Waals surface area contributed by atoms with Crippen LogP contribution in [0, 0.1) is 11.8 Å². The highest BCUT2D eigenvalue weighted by Crippen LogP contribution is 2.41. The number of ether oxygens (including phenoxy) is 4. The molecule has 3 N–H and O–H groups in total. The van der Waals surface area contributed by atoms with Gasteiger partial charge in [-0.1, -0.05) is 13.8 Å². The fourth-order valence-electron chi connectivity index (χ4n) is 4.79. The van der Waals surface area contributed by atoms with E-state index in [1.54, 1.807) is 10.9 Å². The van der Waals surface area contributed by atoms with Gasteiger partial charge in [-0.3, -0.25) is 14.4 Å². The largest absolute Gasteiger partial charge is 0.464 e. The number of hydrogen-bond acceptors (Lipinski definition) is 12. The minimum absolute atomic E-state index is 0.0540. The van der Waals surface area contributed by atoms with Crippen molar-refractivity contribution in [3.63, 3.8) is 0 Å². The monoisotopic (exact) mass is 518 g/mol. The molecule has 3 heterocycles. The van der Waals surface area contributed by atoms with E-state index in [0.29, 0.717) is 36.6 Å². The van der Waals surface area contributed by atoms with Crippen molar-refractivity contribution >= 4 is 34.9 Å². The predicted octanol–water partition coefficient (Wildman–Crippen LogP) is 0.978. The fourth-order valence-corrected chi connectivity index (χ4v) is 4.79. The average Bonchev–Trinajstić information content (AvgIpc) is 3.57. The molecule has 37 heavy (non-hydrogen) atoms. The van der Waals surface area contributed by atoms with E-state index >= 15 is 0 Å². The molecule has 0 unspecified atom stereocenters. The summed E-state index contributed by atoms with van der Waals surface area (Å²) in [7, 11) is 0. The summed E-state index contributed by atoms with van der Waals surface area (Å²) in [5.74, 6) is -1.59. The number of anilines is 1. The molecular formula is C24H34N6O7. The lowest BCUT2D eigenvalue weighted by Crippen LogP contribution is -2.40. The molecule has 0 radical (unpaired) electrons. The van der Waals surface area contributed by atoms with Crippen LogP contribution >= 0.6 is 0 Å². The number of nitrogens with one attached hydrogen (secondary N) is 1. The van der Waals surface area contributed by atoms with Gasteiger partial charge in [-0.05, 0) is 18.8 Å². The van der Waals surface area contributed by atoms with Gasteiger partial charge < -0.3 is 34.6 Å². The van der Waals surface area contributed by atoms with Crippen molar-refractivity contribution in [3.8, 4) is 0 Å². The highest BCUT2D eigenvalue weighted by atomic mass is 16.6. The van der Waals surface area contributed by atoms with Crippen LogP contribution < -0.4 is 11.1 Å². The second-order valence-electron chi connectivity index (χ2n) is 9.86. The van der Waals surface area contributed by atoms with Gasteiger partial charge >= 0.3 is 17.9 Å². The molecule has 2 aliphatic rings. The maximum Gasteiger partial charge on any atom is 0.323 e. The number of nitrogens with two attached hydrogens (primary N) is 1. The number of carbonyl (C=O) groups is 3. The molecule has 202 valence electrons. The Bertz CT molecular complexity index is 1130. The zero-order chi connectivity index (χ0) is 26.7. The average molecular weight is 519 g/mol. The number of fused-ring (bicyclic) bond motifs is 1. The zero-order valence-corrected chi connectivity index (χ0v) is 21.5. The van der Waals surface area contributed by atoms with E-state index in [2.05, 4.69) is 20.3 Å². The van der Waals surface area contributed by atoms with Crippen molar-refractivity contribution in [1.29, 1.82) is 0 Å². The van der Waals surface area contributed by atoms with Crippen molar-refractivity contribution in [3.05, 3.63) is 12.7 Å². The lowest BCUT2D eigenvalue weighted by atomic mass is 10.1. The van der Waals surface area contributed by atoms with Crippen molar-refractivity contribution in [2.24, 2.45) is 17.6 Å². The second-order valence-corrected chi connectivity index (χ2v) is 9.86. The summed E-state index contributed by atoms with van der Waals surface area (Å²) in [5, 5.41) is 3.35. The number of esters is 3. The Morgan fingerprint density at radius 1 is 1.16 bits per heavy atom. The first-order valence-electron chi connectivity index (χ1n) is 12.4. The van der Waals surface area contributed by atoms with Crippen LogP contribution in [0.2, 0.25) is 0 Å². The molecule has 4 rings (SSSR count). The number of nitrogens with zero attached hydrogens (tertiary/aromatic N) is 4. The summed E-state index contributed by atoms with van der Waals surface area (Å²) in [4.78, 5) is 49.8. The van der Waals surface area contributed by atoms with Crippen LogP contribution in [0.5, 0.6) is 0 Å². The maximum absolute atomic E-state index is 12.4. The standard InChI is InChI=1S/C24H34N6O7/c1-12(2)18(25)24(33)35-8-15-7-17(21(37-14(4)32)20(15)36-13(3)31)30-11-28-19-22(26-10-27-23(19)30)29-16-5-6-34-9-16/h10-12,15-18,20-21H,5-9,25H2,1-4H3,(H,26,27,29)/t15-,16-,17-,18+,20-,21+/m1/s1. The van der Waals surface area contributed by atoms with Crippen molar-refractivity contribution in [2.75, 3.05) is 25.1 Å². The Labute approximate surface area is 214 Å². The van der Waals surface area contributed by atoms with E-state index in [4.69, 9.17) is 24.7 Å². The van der Waals surface area contributed by atoms with Crippen molar-refractivity contribution < 1.29 is 33.3 Å². The lowest BCUT2D eigenvalue weighted by Gasteiger charge is -2.26. The summed E-state index contributed by atoms with van der Waals surface area (Å²) in [5.41, 5.74) is 7.00. The smallest absolute Gasteiger partial charge is 0.323 e. The van der Waals surface area contributed by atoms with Crippen LogP contribution in [0.15, 0.2) is 12.7 Å². The van der Waals surface area contributed by atoms with Crippen LogP contribution in [0.1, 0.15) is 46.6 Å². The van der Waals surface area contributed by atoms with Gasteiger partial charge in [0.05, 0.1) is 31.6 Å². The van der Waals surface area contributed by atoms with Gasteiger partial charge in [0.15, 0.2) is 17.6 Å². The molecule has 2 aromatic rings. The molecule has 6 atom stereocenters. The Morgan fingerprint density at radius 2 is 1.89 bits per heavy atom. The summed E-state index contributed by atoms with van der Waals surface area (Å²) < 4.78 is 24.0. The second kappa shape index (κ2) is 11.4. The Balaban J connectivity index is 1.63. The third-order valence-corrected chi connectivity index (χ3v) is 6.73. The molecule has 13 nitrogen and oxygen atoms in total. The molecule has 1 saturated carbocycles. The van der Waals surface area contributed by atoms with E-state index in [0.717, 1.165) is 6.42 Å². The first-order valence-corrected chi connectivity index (χ1v) is 12.4. The summed E-state index contributed by atoms with van der Waals surface area (Å²) in [6, 6.07) is -1.15. The van der Waals surface area contributed by atoms with E-state index in [9.17, 15) is 14.4 Å². The molecule has 0 spiro atoms. The molecule has 0 amide bonds. The molecule has 2 fully saturated rings. The van der Waals surface area contributed by atoms with Crippen LogP contribution in [-0.4, -0.2) is 81.5 Å². The predicted molar refractivity (Wildman–Crippen MR) is 130 cm³/mol. The van der Waals surface area contributed by atoms with Gasteiger partial charge in [0, 0.05) is 26.4 Å². The molecule has 1 aliphatic heterocycles. The zero-order valence-electron chi connectivity index (χ0n) is 21.5. The van der Waals surface area contributed by atoms with E-state index in [1.807, 2.05) is 13.8 Å². The van der Waals surface area contributed by atoms with Crippen molar-refractivity contribution in [1.82, 2.24) is 19.5 Å². The molecule has 0 bridgehead atoms. The minimum atomic E-state index is -0.851. The van der Waals surface area contributed by atoms with Crippen molar-refractivity contribution in [2.45, 2.75) is 70.9 Å². The minimum Gasteiger partial charge on any atom is -0.464 e. The van der Waals surface area contributed by atoms with Gasteiger partial charge in [0.1, 0.15) is 24.0 Å². The van der Waals surface area contributed by atoms with Gasteiger partial charge in [0.2, 0.25) is 0 Å². The SMILES string of the molecule is CC(=O)O[C@@H]1[C@@H](COC(=O)[C@@H](N)C(C)C)C[C@@H](n2cnc3c(N[C@@H]4CCOC4)ncnc32)[C@@H]1OC(C)=O. The van der Waals surface area contributed by atoms with E-state index in [1.165, 1.54) is 20.2 Å². The van der Waals surface area contributed by atoms with E-state index < -0.39 is 48.1 Å². The lowest BCUT2D eigenvalue weighted by molar-refractivity contribution is -0.169. The first-order chi connectivity index (χ1) is 17.7. The van der Waals surface area contributed by atoms with E-state index in [-0.39, 0.29) is 18.6 Å². The van der Waals surface area contributed by atoms with Crippen LogP contribution in [0.4, 0.5) is 5.82 Å². The Morgan fingerprint density at radius 3 is 2.54 bits per heavy atom. The third kappa shape index (κ3) is 5.99. The molecule has 0 aromatic carbocycles. The van der Waals surface area contributed by atoms with Crippen LogP contribution in [-0.2, 0) is 33.3 Å². The van der Waals surface area contributed by atoms with Gasteiger partial charge in [-0.25, -0.2) is 15.0 Å². The highest BCUT2D eigenvalue weighted by Gasteiger charge is 2.49. The Kier molecular flexibility index (Phi) is 8.22. The molecule has 1 aliphatic carbocycles. The number of aromatic nitrogens is 4. The highest BCUT2D eigenvalue weighted by molar-refractivity contribution is 5.83. The quantitative estimate of drug-likeness (QED) is 0.357. The number of rotatable bonds is 9. The summed E-state index contributed by atoms with van der Waals surface area (Å²) >= 11 is 0. The molecular weight excluding hydrogens is 484 g/mol. The summed E-state index contributed by atoms with van der Waals surface area (Å²) in [6.45, 7) is 7.42. The van der Waals surface area contributed by atoms with Crippen LogP contribution in [0.25, 0.3) is 11.2 Å². The third-order valence-electron chi connectivity index (χ3n) is 6.73. The summed E-state index contributed by atoms with van der Waals surface area (Å²) in [6.07, 6.45) is 2.57. The number of carbonyl (C=O) groups excluding carboxylic acids is 3. The van der Waals surface area contributed by atoms with Gasteiger partial charge in [0.25, 0.3) is 0 Å². The normalized spacial score (nSPS) is 26.3. The first kappa shape index (κ1) is 26.7. The topological polar surface area (TPSA) is 170 Å². The molecule has 1 saturated heterocycles. The Hall–Kier alpha value is -3.32. The maximum atomic E-state index is 12.4. The number of imidazole rings is 1. The van der Waals surface area contributed by atoms with Crippen LogP contribution in [0.3, 0.4) is 0 Å². The molecule has 2 aromatic heterocycles. The number of hydrogen-bond donors (Lipinski definition) is 2.